The van der Waals surface area contributed by atoms with Crippen LogP contribution in [0.1, 0.15) is 12.5 Å². The Morgan fingerprint density at radius 2 is 2.04 bits per heavy atom. The van der Waals surface area contributed by atoms with Crippen molar-refractivity contribution in [2.45, 2.75) is 18.9 Å². The lowest BCUT2D eigenvalue weighted by Crippen LogP contribution is -2.33. The van der Waals surface area contributed by atoms with Crippen molar-refractivity contribution in [3.05, 3.63) is 53.8 Å². The van der Waals surface area contributed by atoms with Gasteiger partial charge >= 0.3 is 6.09 Å². The lowest BCUT2D eigenvalue weighted by molar-refractivity contribution is -0.119. The number of cyclic esters (lactones) is 1. The van der Waals surface area contributed by atoms with E-state index in [0.29, 0.717) is 17.1 Å². The van der Waals surface area contributed by atoms with Crippen molar-refractivity contribution in [3.8, 4) is 11.1 Å². The van der Waals surface area contributed by atoms with Crippen molar-refractivity contribution >= 4 is 29.3 Å². The fourth-order valence-corrected chi connectivity index (χ4v) is 2.95. The van der Waals surface area contributed by atoms with E-state index in [2.05, 4.69) is 5.32 Å². The van der Waals surface area contributed by atoms with E-state index in [1.165, 1.54) is 17.9 Å². The van der Waals surface area contributed by atoms with Crippen LogP contribution >= 0.6 is 11.6 Å². The average molecular weight is 377 g/mol. The molecule has 0 aromatic heterocycles. The summed E-state index contributed by atoms with van der Waals surface area (Å²) in [4.78, 5) is 24.3. The van der Waals surface area contributed by atoms with Gasteiger partial charge in [0.25, 0.3) is 0 Å². The third-order valence-electron chi connectivity index (χ3n) is 4.14. The molecule has 2 amide bonds. The van der Waals surface area contributed by atoms with Crippen molar-refractivity contribution in [2.75, 3.05) is 18.0 Å². The number of benzene rings is 2. The van der Waals surface area contributed by atoms with Crippen LogP contribution in [0.3, 0.4) is 0 Å². The summed E-state index contributed by atoms with van der Waals surface area (Å²) >= 11 is 5.77. The summed E-state index contributed by atoms with van der Waals surface area (Å²) in [5.74, 6) is -0.229. The molecule has 1 fully saturated rings. The Bertz CT molecular complexity index is 826. The number of rotatable bonds is 5. The zero-order chi connectivity index (χ0) is 18.7. The highest BCUT2D eigenvalue weighted by Crippen LogP contribution is 2.29. The molecule has 0 radical (unpaired) electrons. The van der Waals surface area contributed by atoms with Crippen molar-refractivity contribution in [3.63, 3.8) is 0 Å². The van der Waals surface area contributed by atoms with Crippen molar-refractivity contribution in [2.24, 2.45) is 0 Å². The van der Waals surface area contributed by atoms with E-state index in [4.69, 9.17) is 16.3 Å². The third kappa shape index (κ3) is 3.96. The number of nitrogens with zero attached hydrogens (tertiary/aromatic N) is 1. The van der Waals surface area contributed by atoms with Gasteiger partial charge in [0.15, 0.2) is 0 Å². The van der Waals surface area contributed by atoms with Gasteiger partial charge in [-0.3, -0.25) is 9.69 Å². The number of hydrogen-bond acceptors (Lipinski definition) is 3. The minimum absolute atomic E-state index is 0.199. The molecular weight excluding hydrogens is 359 g/mol. The quantitative estimate of drug-likeness (QED) is 0.809. The predicted octanol–water partition coefficient (Wildman–Crippen LogP) is 3.69. The van der Waals surface area contributed by atoms with E-state index in [9.17, 15) is 14.0 Å². The molecular formula is C19H18ClFN2O3. The van der Waals surface area contributed by atoms with Crippen LogP contribution in [0.4, 0.5) is 14.9 Å². The standard InChI is InChI=1S/C19H18ClFN2O3/c1-12(24)22-10-16-11-23(19(25)26-16)15-6-7-17(18(21)8-15)14-4-2-13(9-20)3-5-14/h2-8,16H,9-11H2,1H3,(H,22,24)/t16-/m0/s1. The second kappa shape index (κ2) is 7.74. The number of carbonyl (C=O) groups excluding carboxylic acids is 2. The molecule has 1 atom stereocenters. The minimum atomic E-state index is -0.557. The lowest BCUT2D eigenvalue weighted by Gasteiger charge is -2.14. The molecule has 5 nitrogen and oxygen atoms in total. The molecule has 7 heteroatoms. The van der Waals surface area contributed by atoms with Crippen LogP contribution in [-0.4, -0.2) is 31.2 Å². The molecule has 1 heterocycles. The number of amides is 2. The number of alkyl halides is 1. The molecule has 1 saturated heterocycles. The first-order chi connectivity index (χ1) is 12.5. The van der Waals surface area contributed by atoms with Crippen LogP contribution in [0.15, 0.2) is 42.5 Å². The first-order valence-corrected chi connectivity index (χ1v) is 8.69. The van der Waals surface area contributed by atoms with Gasteiger partial charge in [-0.15, -0.1) is 11.6 Å². The van der Waals surface area contributed by atoms with Gasteiger partial charge in [-0.05, 0) is 29.3 Å². The van der Waals surface area contributed by atoms with E-state index >= 15 is 0 Å². The molecule has 0 unspecified atom stereocenters. The Morgan fingerprint density at radius 3 is 2.65 bits per heavy atom. The van der Waals surface area contributed by atoms with Crippen LogP contribution in [0.2, 0.25) is 0 Å². The van der Waals surface area contributed by atoms with Gasteiger partial charge < -0.3 is 10.1 Å². The molecule has 2 aromatic rings. The molecule has 136 valence electrons. The minimum Gasteiger partial charge on any atom is -0.442 e. The summed E-state index contributed by atoms with van der Waals surface area (Å²) in [7, 11) is 0. The molecule has 0 saturated carbocycles. The van der Waals surface area contributed by atoms with Crippen molar-refractivity contribution < 1.29 is 18.7 Å². The van der Waals surface area contributed by atoms with Gasteiger partial charge in [-0.1, -0.05) is 24.3 Å². The highest BCUT2D eigenvalue weighted by Gasteiger charge is 2.32. The summed E-state index contributed by atoms with van der Waals surface area (Å²) in [6.07, 6.45) is -1.02. The second-order valence-corrected chi connectivity index (χ2v) is 6.32. The molecule has 1 aliphatic heterocycles. The molecule has 26 heavy (non-hydrogen) atoms. The van der Waals surface area contributed by atoms with E-state index < -0.39 is 18.0 Å². The highest BCUT2D eigenvalue weighted by molar-refractivity contribution is 6.17. The topological polar surface area (TPSA) is 58.6 Å². The zero-order valence-corrected chi connectivity index (χ0v) is 14.9. The largest absolute Gasteiger partial charge is 0.442 e. The van der Waals surface area contributed by atoms with Crippen molar-refractivity contribution in [1.82, 2.24) is 5.32 Å². The SMILES string of the molecule is CC(=O)NC[C@H]1CN(c2ccc(-c3ccc(CCl)cc3)c(F)c2)C(=O)O1. The Morgan fingerprint density at radius 1 is 1.31 bits per heavy atom. The molecule has 3 rings (SSSR count). The maximum absolute atomic E-state index is 14.6. The van der Waals surface area contributed by atoms with Crippen molar-refractivity contribution in [1.29, 1.82) is 0 Å². The van der Waals surface area contributed by atoms with Gasteiger partial charge in [-0.25, -0.2) is 9.18 Å². The maximum Gasteiger partial charge on any atom is 0.414 e. The number of nitrogens with one attached hydrogen (secondary N) is 1. The fraction of sp³-hybridized carbons (Fsp3) is 0.263. The molecule has 1 N–H and O–H groups in total. The van der Waals surface area contributed by atoms with Gasteiger partial charge in [0, 0.05) is 18.4 Å². The third-order valence-corrected chi connectivity index (χ3v) is 4.44. The average Bonchev–Trinajstić information content (AvgIpc) is 3.01. The Balaban J connectivity index is 1.76. The number of ether oxygens (including phenoxy) is 1. The Hall–Kier alpha value is -2.60. The molecule has 1 aliphatic rings. The number of halogens is 2. The second-order valence-electron chi connectivity index (χ2n) is 6.05. The first kappa shape index (κ1) is 18.2. The fourth-order valence-electron chi connectivity index (χ4n) is 2.78. The van der Waals surface area contributed by atoms with Crippen LogP contribution in [0, 0.1) is 5.82 Å². The van der Waals surface area contributed by atoms with Gasteiger partial charge in [0.05, 0.1) is 18.8 Å². The van der Waals surface area contributed by atoms with Gasteiger partial charge in [0.2, 0.25) is 5.91 Å². The summed E-state index contributed by atoms with van der Waals surface area (Å²) in [6, 6.07) is 11.9. The van der Waals surface area contributed by atoms with Crippen LogP contribution in [0.5, 0.6) is 0 Å². The number of carbonyl (C=O) groups is 2. The summed E-state index contributed by atoms with van der Waals surface area (Å²) < 4.78 is 19.8. The highest BCUT2D eigenvalue weighted by atomic mass is 35.5. The molecule has 0 bridgehead atoms. The normalized spacial score (nSPS) is 16.5. The molecule has 0 aliphatic carbocycles. The summed E-state index contributed by atoms with van der Waals surface area (Å²) in [5.41, 5.74) is 2.55. The van der Waals surface area contributed by atoms with E-state index in [0.717, 1.165) is 11.1 Å². The van der Waals surface area contributed by atoms with Gasteiger partial charge in [0.1, 0.15) is 11.9 Å². The smallest absolute Gasteiger partial charge is 0.414 e. The van der Waals surface area contributed by atoms with Crippen LogP contribution in [-0.2, 0) is 15.4 Å². The first-order valence-electron chi connectivity index (χ1n) is 8.15. The van der Waals surface area contributed by atoms with Gasteiger partial charge in [-0.2, -0.15) is 0 Å². The van der Waals surface area contributed by atoms with E-state index in [1.54, 1.807) is 12.1 Å². The Kier molecular flexibility index (Phi) is 5.42. The predicted molar refractivity (Wildman–Crippen MR) is 97.7 cm³/mol. The summed E-state index contributed by atoms with van der Waals surface area (Å²) in [6.45, 7) is 1.87. The molecule has 0 spiro atoms. The number of anilines is 1. The Labute approximate surface area is 155 Å². The van der Waals surface area contributed by atoms with Crippen LogP contribution < -0.4 is 10.2 Å². The number of hydrogen-bond donors (Lipinski definition) is 1. The van der Waals surface area contributed by atoms with E-state index in [1.807, 2.05) is 24.3 Å². The zero-order valence-electron chi connectivity index (χ0n) is 14.2. The lowest BCUT2D eigenvalue weighted by atomic mass is 10.0. The van der Waals surface area contributed by atoms with E-state index in [-0.39, 0.29) is 19.0 Å². The van der Waals surface area contributed by atoms with Crippen LogP contribution in [0.25, 0.3) is 11.1 Å². The maximum atomic E-state index is 14.6. The molecule has 2 aromatic carbocycles. The summed E-state index contributed by atoms with van der Waals surface area (Å²) in [5, 5.41) is 2.61. The monoisotopic (exact) mass is 376 g/mol.